The van der Waals surface area contributed by atoms with Crippen molar-refractivity contribution < 1.29 is 0 Å². The lowest BCUT2D eigenvalue weighted by molar-refractivity contribution is 0.187. The molecule has 1 aromatic rings. The lowest BCUT2D eigenvalue weighted by Gasteiger charge is -2.39. The van der Waals surface area contributed by atoms with Crippen LogP contribution < -0.4 is 10.6 Å². The Hall–Kier alpha value is -1.20. The molecule has 1 aromatic heterocycles. The smallest absolute Gasteiger partial charge is 0.156 e. The van der Waals surface area contributed by atoms with Crippen molar-refractivity contribution in [2.45, 2.75) is 52.1 Å². The van der Waals surface area contributed by atoms with Crippen molar-refractivity contribution in [3.8, 4) is 0 Å². The predicted molar refractivity (Wildman–Crippen MR) is 85.4 cm³/mol. The summed E-state index contributed by atoms with van der Waals surface area (Å²) in [5.41, 5.74) is 9.30. The van der Waals surface area contributed by atoms with Crippen molar-refractivity contribution in [3.05, 3.63) is 16.8 Å². The van der Waals surface area contributed by atoms with E-state index < -0.39 is 0 Å². The second-order valence-corrected chi connectivity index (χ2v) is 6.38. The van der Waals surface area contributed by atoms with E-state index >= 15 is 0 Å². The number of aromatic nitrogens is 2. The monoisotopic (exact) mass is 289 g/mol. The molecule has 0 aromatic carbocycles. The highest BCUT2D eigenvalue weighted by molar-refractivity contribution is 5.51. The van der Waals surface area contributed by atoms with Gasteiger partial charge in [-0.25, -0.2) is 0 Å². The maximum absolute atomic E-state index is 5.95. The average Bonchev–Trinajstić information content (AvgIpc) is 3.04. The van der Waals surface area contributed by atoms with Crippen molar-refractivity contribution in [1.82, 2.24) is 15.1 Å². The fraction of sp³-hybridized carbons (Fsp3) is 0.750. The van der Waals surface area contributed by atoms with E-state index in [1.807, 2.05) is 6.92 Å². The van der Waals surface area contributed by atoms with Gasteiger partial charge in [-0.2, -0.15) is 5.10 Å². The summed E-state index contributed by atoms with van der Waals surface area (Å²) in [5.74, 6) is 1.01. The number of nitrogens with zero attached hydrogens (tertiary/aromatic N) is 4. The number of nitrogens with two attached hydrogens (primary N) is 1. The van der Waals surface area contributed by atoms with E-state index in [1.165, 1.54) is 31.2 Å². The molecule has 0 bridgehead atoms. The van der Waals surface area contributed by atoms with E-state index in [0.717, 1.165) is 49.3 Å². The molecule has 3 rings (SSSR count). The lowest BCUT2D eigenvalue weighted by Crippen LogP contribution is -2.50. The molecular weight excluding hydrogens is 262 g/mol. The zero-order chi connectivity index (χ0) is 14.8. The largest absolute Gasteiger partial charge is 0.352 e. The van der Waals surface area contributed by atoms with Crippen molar-refractivity contribution in [2.75, 3.05) is 31.1 Å². The summed E-state index contributed by atoms with van der Waals surface area (Å²) in [4.78, 5) is 5.03. The van der Waals surface area contributed by atoms with Gasteiger partial charge in [-0.1, -0.05) is 12.8 Å². The maximum Gasteiger partial charge on any atom is 0.156 e. The molecular formula is C16H27N5. The molecule has 21 heavy (non-hydrogen) atoms. The van der Waals surface area contributed by atoms with E-state index in [4.69, 9.17) is 5.73 Å². The van der Waals surface area contributed by atoms with Crippen LogP contribution in [0.5, 0.6) is 0 Å². The molecule has 2 fully saturated rings. The standard InChI is InChI=1S/C16H27N5/c1-12-13(2)18-19-16(15(12)11-17)21-9-7-20(8-10-21)14-5-3-4-6-14/h14H,3-11,17H2,1-2H3. The highest BCUT2D eigenvalue weighted by Crippen LogP contribution is 2.27. The minimum Gasteiger partial charge on any atom is -0.352 e. The van der Waals surface area contributed by atoms with Crippen molar-refractivity contribution >= 4 is 5.82 Å². The van der Waals surface area contributed by atoms with Crippen LogP contribution in [-0.2, 0) is 6.54 Å². The molecule has 2 heterocycles. The molecule has 2 N–H and O–H groups in total. The first-order valence-electron chi connectivity index (χ1n) is 8.22. The molecule has 5 nitrogen and oxygen atoms in total. The van der Waals surface area contributed by atoms with E-state index in [-0.39, 0.29) is 0 Å². The highest BCUT2D eigenvalue weighted by Gasteiger charge is 2.27. The van der Waals surface area contributed by atoms with Gasteiger partial charge in [0, 0.05) is 44.3 Å². The number of aryl methyl sites for hydroxylation is 1. The van der Waals surface area contributed by atoms with Crippen LogP contribution in [0, 0.1) is 13.8 Å². The van der Waals surface area contributed by atoms with Crippen LogP contribution in [0.2, 0.25) is 0 Å². The molecule has 1 aliphatic heterocycles. The third-order valence-electron chi connectivity index (χ3n) is 5.22. The van der Waals surface area contributed by atoms with Crippen LogP contribution in [0.3, 0.4) is 0 Å². The van der Waals surface area contributed by atoms with Gasteiger partial charge in [0.1, 0.15) is 0 Å². The van der Waals surface area contributed by atoms with E-state index in [9.17, 15) is 0 Å². The Morgan fingerprint density at radius 3 is 2.33 bits per heavy atom. The first kappa shape index (κ1) is 14.7. The van der Waals surface area contributed by atoms with Gasteiger partial charge in [-0.15, -0.1) is 5.10 Å². The maximum atomic E-state index is 5.95. The molecule has 0 amide bonds. The molecule has 116 valence electrons. The van der Waals surface area contributed by atoms with Gasteiger partial charge in [0.05, 0.1) is 5.69 Å². The zero-order valence-electron chi connectivity index (χ0n) is 13.3. The minimum atomic E-state index is 0.542. The molecule has 1 saturated carbocycles. The third kappa shape index (κ3) is 2.90. The van der Waals surface area contributed by atoms with Gasteiger partial charge in [0.15, 0.2) is 5.82 Å². The average molecular weight is 289 g/mol. The fourth-order valence-electron chi connectivity index (χ4n) is 3.71. The molecule has 1 aliphatic carbocycles. The summed E-state index contributed by atoms with van der Waals surface area (Å²) in [5, 5.41) is 8.73. The highest BCUT2D eigenvalue weighted by atomic mass is 15.3. The molecule has 2 aliphatic rings. The Morgan fingerprint density at radius 2 is 1.71 bits per heavy atom. The molecule has 0 unspecified atom stereocenters. The van der Waals surface area contributed by atoms with Crippen molar-refractivity contribution in [3.63, 3.8) is 0 Å². The molecule has 5 heteroatoms. The van der Waals surface area contributed by atoms with Gasteiger partial charge >= 0.3 is 0 Å². The van der Waals surface area contributed by atoms with Gasteiger partial charge in [0.25, 0.3) is 0 Å². The van der Waals surface area contributed by atoms with Gasteiger partial charge in [-0.05, 0) is 32.3 Å². The van der Waals surface area contributed by atoms with Crippen molar-refractivity contribution in [2.24, 2.45) is 5.73 Å². The SMILES string of the molecule is Cc1nnc(N2CCN(C3CCCC3)CC2)c(CN)c1C. The quantitative estimate of drug-likeness (QED) is 0.916. The Bertz CT molecular complexity index is 488. The third-order valence-corrected chi connectivity index (χ3v) is 5.22. The summed E-state index contributed by atoms with van der Waals surface area (Å²) in [7, 11) is 0. The lowest BCUT2D eigenvalue weighted by atomic mass is 10.1. The van der Waals surface area contributed by atoms with E-state index in [2.05, 4.69) is 26.9 Å². The topological polar surface area (TPSA) is 58.3 Å². The number of piperazine rings is 1. The second kappa shape index (κ2) is 6.28. The predicted octanol–water partition coefficient (Wildman–Crippen LogP) is 1.62. The van der Waals surface area contributed by atoms with E-state index in [0.29, 0.717) is 6.54 Å². The Morgan fingerprint density at radius 1 is 1.05 bits per heavy atom. The number of anilines is 1. The zero-order valence-corrected chi connectivity index (χ0v) is 13.3. The van der Waals surface area contributed by atoms with Crippen LogP contribution >= 0.6 is 0 Å². The molecule has 0 atom stereocenters. The Kier molecular flexibility index (Phi) is 4.40. The Balaban J connectivity index is 1.70. The summed E-state index contributed by atoms with van der Waals surface area (Å²) in [6, 6.07) is 0.826. The fourth-order valence-corrected chi connectivity index (χ4v) is 3.71. The summed E-state index contributed by atoms with van der Waals surface area (Å²) in [6.45, 7) is 9.02. The summed E-state index contributed by atoms with van der Waals surface area (Å²) in [6.07, 6.45) is 5.59. The van der Waals surface area contributed by atoms with Crippen LogP contribution in [0.1, 0.15) is 42.5 Å². The first-order chi connectivity index (χ1) is 10.2. The Labute approximate surface area is 127 Å². The first-order valence-corrected chi connectivity index (χ1v) is 8.22. The van der Waals surface area contributed by atoms with Crippen LogP contribution in [-0.4, -0.2) is 47.3 Å². The van der Waals surface area contributed by atoms with Crippen LogP contribution in [0.15, 0.2) is 0 Å². The van der Waals surface area contributed by atoms with Gasteiger partial charge < -0.3 is 10.6 Å². The van der Waals surface area contributed by atoms with Crippen LogP contribution in [0.25, 0.3) is 0 Å². The summed E-state index contributed by atoms with van der Waals surface area (Å²) >= 11 is 0. The second-order valence-electron chi connectivity index (χ2n) is 6.38. The molecule has 0 spiro atoms. The minimum absolute atomic E-state index is 0.542. The molecule has 0 radical (unpaired) electrons. The number of hydrogen-bond donors (Lipinski definition) is 1. The number of hydrogen-bond acceptors (Lipinski definition) is 5. The molecule has 1 saturated heterocycles. The van der Waals surface area contributed by atoms with Crippen molar-refractivity contribution in [1.29, 1.82) is 0 Å². The van der Waals surface area contributed by atoms with E-state index in [1.54, 1.807) is 0 Å². The van der Waals surface area contributed by atoms with Gasteiger partial charge in [-0.3, -0.25) is 4.90 Å². The summed E-state index contributed by atoms with van der Waals surface area (Å²) < 4.78 is 0. The normalized spacial score (nSPS) is 21.2. The number of rotatable bonds is 3. The van der Waals surface area contributed by atoms with Gasteiger partial charge in [0.2, 0.25) is 0 Å². The van der Waals surface area contributed by atoms with Crippen LogP contribution in [0.4, 0.5) is 5.82 Å².